The van der Waals surface area contributed by atoms with E-state index >= 15 is 0 Å². The van der Waals surface area contributed by atoms with E-state index in [9.17, 15) is 4.79 Å². The minimum atomic E-state index is -0.0950. The summed E-state index contributed by atoms with van der Waals surface area (Å²) in [6, 6.07) is 5.86. The van der Waals surface area contributed by atoms with Crippen LogP contribution in [0.4, 0.5) is 10.5 Å². The largest absolute Gasteiger partial charge is 0.331 e. The molecule has 76 valence electrons. The summed E-state index contributed by atoms with van der Waals surface area (Å²) < 4.78 is 0. The summed E-state index contributed by atoms with van der Waals surface area (Å²) in [5, 5.41) is 2.86. The van der Waals surface area contributed by atoms with Crippen LogP contribution in [0, 0.1) is 13.8 Å². The van der Waals surface area contributed by atoms with Gasteiger partial charge in [0.2, 0.25) is 0 Å². The van der Waals surface area contributed by atoms with Gasteiger partial charge in [0.1, 0.15) is 0 Å². The summed E-state index contributed by atoms with van der Waals surface area (Å²) in [6.07, 6.45) is 0. The highest BCUT2D eigenvalue weighted by molar-refractivity contribution is 5.90. The van der Waals surface area contributed by atoms with Crippen LogP contribution in [-0.2, 0) is 0 Å². The predicted molar refractivity (Wildman–Crippen MR) is 58.6 cm³/mol. The Morgan fingerprint density at radius 1 is 1.21 bits per heavy atom. The number of rotatable bonds is 1. The van der Waals surface area contributed by atoms with Crippen molar-refractivity contribution in [3.63, 3.8) is 0 Å². The van der Waals surface area contributed by atoms with Gasteiger partial charge in [0, 0.05) is 19.8 Å². The lowest BCUT2D eigenvalue weighted by Gasteiger charge is -2.15. The summed E-state index contributed by atoms with van der Waals surface area (Å²) in [7, 11) is 3.45. The van der Waals surface area contributed by atoms with Crippen LogP contribution in [0.25, 0.3) is 0 Å². The highest BCUT2D eigenvalue weighted by Gasteiger charge is 2.07. The Kier molecular flexibility index (Phi) is 3.12. The molecular weight excluding hydrogens is 176 g/mol. The maximum atomic E-state index is 11.4. The molecule has 2 amide bonds. The highest BCUT2D eigenvalue weighted by atomic mass is 16.2. The van der Waals surface area contributed by atoms with Crippen LogP contribution in [0.1, 0.15) is 11.1 Å². The molecule has 0 atom stereocenters. The van der Waals surface area contributed by atoms with Crippen molar-refractivity contribution >= 4 is 11.7 Å². The monoisotopic (exact) mass is 192 g/mol. The molecule has 1 aromatic carbocycles. The van der Waals surface area contributed by atoms with E-state index in [-0.39, 0.29) is 6.03 Å². The molecule has 3 nitrogen and oxygen atoms in total. The minimum absolute atomic E-state index is 0.0950. The number of carbonyl (C=O) groups is 1. The zero-order chi connectivity index (χ0) is 10.7. The SMILES string of the molecule is Cc1cccc(C)c1NC(=O)N(C)C. The Hall–Kier alpha value is -1.51. The number of hydrogen-bond acceptors (Lipinski definition) is 1. The van der Waals surface area contributed by atoms with Crippen molar-refractivity contribution in [1.29, 1.82) is 0 Å². The molecular formula is C11H16N2O. The van der Waals surface area contributed by atoms with Crippen molar-refractivity contribution in [1.82, 2.24) is 4.90 Å². The topological polar surface area (TPSA) is 32.3 Å². The van der Waals surface area contributed by atoms with Crippen LogP contribution in [0.3, 0.4) is 0 Å². The molecule has 0 spiro atoms. The average molecular weight is 192 g/mol. The van der Waals surface area contributed by atoms with Crippen LogP contribution >= 0.6 is 0 Å². The number of aryl methyl sites for hydroxylation is 2. The summed E-state index contributed by atoms with van der Waals surface area (Å²) in [5.41, 5.74) is 3.08. The van der Waals surface area contributed by atoms with Crippen molar-refractivity contribution in [3.8, 4) is 0 Å². The molecule has 0 aliphatic heterocycles. The molecule has 1 rings (SSSR count). The van der Waals surface area contributed by atoms with Gasteiger partial charge in [-0.05, 0) is 25.0 Å². The van der Waals surface area contributed by atoms with Crippen LogP contribution < -0.4 is 5.32 Å². The number of para-hydroxylation sites is 1. The van der Waals surface area contributed by atoms with Crippen LogP contribution in [0.15, 0.2) is 18.2 Å². The Bertz CT molecular complexity index is 325. The zero-order valence-corrected chi connectivity index (χ0v) is 9.09. The first-order chi connectivity index (χ1) is 6.52. The van der Waals surface area contributed by atoms with E-state index in [1.54, 1.807) is 14.1 Å². The zero-order valence-electron chi connectivity index (χ0n) is 9.09. The quantitative estimate of drug-likeness (QED) is 0.728. The first-order valence-electron chi connectivity index (χ1n) is 4.57. The van der Waals surface area contributed by atoms with Gasteiger partial charge in [0.05, 0.1) is 0 Å². The third-order valence-corrected chi connectivity index (χ3v) is 2.12. The Morgan fingerprint density at radius 3 is 2.14 bits per heavy atom. The number of urea groups is 1. The summed E-state index contributed by atoms with van der Waals surface area (Å²) in [5.74, 6) is 0. The smallest absolute Gasteiger partial charge is 0.321 e. The van der Waals surface area contributed by atoms with Gasteiger partial charge in [0.25, 0.3) is 0 Å². The number of benzene rings is 1. The highest BCUT2D eigenvalue weighted by Crippen LogP contribution is 2.19. The second kappa shape index (κ2) is 4.13. The number of nitrogens with one attached hydrogen (secondary N) is 1. The summed E-state index contributed by atoms with van der Waals surface area (Å²) in [6.45, 7) is 3.97. The Labute approximate surface area is 84.7 Å². The third-order valence-electron chi connectivity index (χ3n) is 2.12. The lowest BCUT2D eigenvalue weighted by Crippen LogP contribution is -2.27. The maximum Gasteiger partial charge on any atom is 0.321 e. The summed E-state index contributed by atoms with van der Waals surface area (Å²) in [4.78, 5) is 13.0. The van der Waals surface area contributed by atoms with E-state index in [1.165, 1.54) is 4.90 Å². The second-order valence-electron chi connectivity index (χ2n) is 3.59. The van der Waals surface area contributed by atoms with Gasteiger partial charge in [-0.25, -0.2) is 4.79 Å². The molecule has 14 heavy (non-hydrogen) atoms. The molecule has 3 heteroatoms. The Morgan fingerprint density at radius 2 is 1.71 bits per heavy atom. The molecule has 0 aliphatic carbocycles. The second-order valence-corrected chi connectivity index (χ2v) is 3.59. The van der Waals surface area contributed by atoms with Crippen molar-refractivity contribution in [2.75, 3.05) is 19.4 Å². The fraction of sp³-hybridized carbons (Fsp3) is 0.364. The lowest BCUT2D eigenvalue weighted by molar-refractivity contribution is 0.230. The molecule has 0 saturated carbocycles. The van der Waals surface area contributed by atoms with Crippen LogP contribution in [0.5, 0.6) is 0 Å². The van der Waals surface area contributed by atoms with Gasteiger partial charge >= 0.3 is 6.03 Å². The number of carbonyl (C=O) groups excluding carboxylic acids is 1. The van der Waals surface area contributed by atoms with Crippen LogP contribution in [0.2, 0.25) is 0 Å². The van der Waals surface area contributed by atoms with Crippen molar-refractivity contribution in [2.24, 2.45) is 0 Å². The molecule has 1 N–H and O–H groups in total. The van der Waals surface area contributed by atoms with E-state index < -0.39 is 0 Å². The molecule has 0 bridgehead atoms. The summed E-state index contributed by atoms with van der Waals surface area (Å²) >= 11 is 0. The van der Waals surface area contributed by atoms with Gasteiger partial charge in [-0.2, -0.15) is 0 Å². The fourth-order valence-corrected chi connectivity index (χ4v) is 1.23. The predicted octanol–water partition coefficient (Wildman–Crippen LogP) is 2.40. The van der Waals surface area contributed by atoms with E-state index in [1.807, 2.05) is 32.0 Å². The normalized spacial score (nSPS) is 9.71. The van der Waals surface area contributed by atoms with Gasteiger partial charge in [-0.3, -0.25) is 0 Å². The van der Waals surface area contributed by atoms with Gasteiger partial charge in [-0.15, -0.1) is 0 Å². The van der Waals surface area contributed by atoms with Gasteiger partial charge in [-0.1, -0.05) is 18.2 Å². The first-order valence-corrected chi connectivity index (χ1v) is 4.57. The molecule has 0 unspecified atom stereocenters. The minimum Gasteiger partial charge on any atom is -0.331 e. The molecule has 0 aliphatic rings. The molecule has 0 saturated heterocycles. The number of anilines is 1. The molecule has 0 fully saturated rings. The van der Waals surface area contributed by atoms with E-state index in [0.29, 0.717) is 0 Å². The number of nitrogens with zero attached hydrogens (tertiary/aromatic N) is 1. The standard InChI is InChI=1S/C11H16N2O/c1-8-6-5-7-9(2)10(8)12-11(14)13(3)4/h5-7H,1-4H3,(H,12,14). The molecule has 0 radical (unpaired) electrons. The fourth-order valence-electron chi connectivity index (χ4n) is 1.23. The molecule has 0 heterocycles. The lowest BCUT2D eigenvalue weighted by atomic mass is 10.1. The first kappa shape index (κ1) is 10.6. The van der Waals surface area contributed by atoms with Gasteiger partial charge < -0.3 is 10.2 Å². The van der Waals surface area contributed by atoms with Crippen molar-refractivity contribution in [2.45, 2.75) is 13.8 Å². The van der Waals surface area contributed by atoms with Crippen LogP contribution in [-0.4, -0.2) is 25.0 Å². The number of hydrogen-bond donors (Lipinski definition) is 1. The average Bonchev–Trinajstić information content (AvgIpc) is 2.11. The van der Waals surface area contributed by atoms with E-state index in [2.05, 4.69) is 5.32 Å². The maximum absolute atomic E-state index is 11.4. The third kappa shape index (κ3) is 2.25. The van der Waals surface area contributed by atoms with Gasteiger partial charge in [0.15, 0.2) is 0 Å². The molecule has 1 aromatic rings. The van der Waals surface area contributed by atoms with E-state index in [4.69, 9.17) is 0 Å². The number of amides is 2. The van der Waals surface area contributed by atoms with E-state index in [0.717, 1.165) is 16.8 Å². The van der Waals surface area contributed by atoms with Crippen molar-refractivity contribution < 1.29 is 4.79 Å². The molecule has 0 aromatic heterocycles. The Balaban J connectivity index is 2.91. The van der Waals surface area contributed by atoms with Crippen molar-refractivity contribution in [3.05, 3.63) is 29.3 Å².